The van der Waals surface area contributed by atoms with Crippen molar-refractivity contribution in [1.29, 1.82) is 0 Å². The number of carboxylic acids is 1. The van der Waals surface area contributed by atoms with Gasteiger partial charge in [0.2, 0.25) is 0 Å². The fourth-order valence-electron chi connectivity index (χ4n) is 3.06. The summed E-state index contributed by atoms with van der Waals surface area (Å²) in [4.78, 5) is 11.2. The summed E-state index contributed by atoms with van der Waals surface area (Å²) < 4.78 is 27.4. The smallest absolute Gasteiger partial charge is 0.322 e. The van der Waals surface area contributed by atoms with Gasteiger partial charge in [0.15, 0.2) is 0 Å². The van der Waals surface area contributed by atoms with E-state index >= 15 is 0 Å². The fraction of sp³-hybridized carbons (Fsp3) is 0.917. The second-order valence-electron chi connectivity index (χ2n) is 5.63. The lowest BCUT2D eigenvalue weighted by atomic mass is 9.96. The predicted octanol–water partition coefficient (Wildman–Crippen LogP) is 0.0155. The van der Waals surface area contributed by atoms with Crippen LogP contribution in [0, 0.1) is 0 Å². The van der Waals surface area contributed by atoms with Crippen molar-refractivity contribution in [3.05, 3.63) is 0 Å². The van der Waals surface area contributed by atoms with Crippen LogP contribution in [0.1, 0.15) is 38.5 Å². The fourth-order valence-corrected chi connectivity index (χ4v) is 4.84. The first-order valence-electron chi connectivity index (χ1n) is 6.99. The van der Waals surface area contributed by atoms with E-state index in [9.17, 15) is 18.3 Å². The molecule has 0 aromatic heterocycles. The topological polar surface area (TPSA) is 98.2 Å². The van der Waals surface area contributed by atoms with E-state index in [2.05, 4.69) is 0 Å². The molecule has 1 aliphatic carbocycles. The zero-order valence-electron chi connectivity index (χ0n) is 11.6. The van der Waals surface area contributed by atoms with Gasteiger partial charge < -0.3 is 10.2 Å². The molecule has 0 radical (unpaired) electrons. The van der Waals surface area contributed by atoms with Gasteiger partial charge in [-0.15, -0.1) is 0 Å². The Morgan fingerprint density at radius 2 is 1.85 bits per heavy atom. The Balaban J connectivity index is 2.17. The zero-order valence-corrected chi connectivity index (χ0v) is 12.4. The Labute approximate surface area is 119 Å². The first-order valence-corrected chi connectivity index (χ1v) is 8.39. The Morgan fingerprint density at radius 3 is 2.40 bits per heavy atom. The van der Waals surface area contributed by atoms with Crippen molar-refractivity contribution in [3.8, 4) is 0 Å². The average Bonchev–Trinajstić information content (AvgIpc) is 2.82. The van der Waals surface area contributed by atoms with Crippen molar-refractivity contribution in [1.82, 2.24) is 8.61 Å². The Hall–Kier alpha value is -0.700. The number of hydrogen-bond donors (Lipinski definition) is 2. The molecule has 2 atom stereocenters. The summed E-state index contributed by atoms with van der Waals surface area (Å²) in [6.45, 7) is -0.142. The number of carbonyl (C=O) groups is 1. The first kappa shape index (κ1) is 15.7. The zero-order chi connectivity index (χ0) is 14.9. The van der Waals surface area contributed by atoms with Crippen LogP contribution < -0.4 is 0 Å². The molecule has 0 amide bonds. The van der Waals surface area contributed by atoms with Gasteiger partial charge in [-0.2, -0.15) is 17.0 Å². The summed E-state index contributed by atoms with van der Waals surface area (Å²) in [6.07, 6.45) is 3.77. The first-order chi connectivity index (χ1) is 9.34. The van der Waals surface area contributed by atoms with Gasteiger partial charge in [0.05, 0.1) is 6.10 Å². The van der Waals surface area contributed by atoms with E-state index in [-0.39, 0.29) is 19.0 Å². The molecule has 7 nitrogen and oxygen atoms in total. The molecule has 2 fully saturated rings. The molecule has 1 saturated carbocycles. The molecule has 0 unspecified atom stereocenters. The van der Waals surface area contributed by atoms with E-state index in [1.54, 1.807) is 0 Å². The third kappa shape index (κ3) is 2.98. The van der Waals surface area contributed by atoms with Gasteiger partial charge in [0.1, 0.15) is 6.04 Å². The Bertz CT molecular complexity index is 460. The molecule has 0 bridgehead atoms. The molecule has 1 saturated heterocycles. The number of β-amino-alcohol motifs (C(OH)–C–C–N with tert-alkyl or cyclic N) is 1. The predicted molar refractivity (Wildman–Crippen MR) is 72.3 cm³/mol. The maximum atomic E-state index is 12.6. The van der Waals surface area contributed by atoms with Crippen molar-refractivity contribution in [2.75, 3.05) is 13.6 Å². The number of hydrogen-bond acceptors (Lipinski definition) is 4. The number of nitrogens with zero attached hydrogens (tertiary/aromatic N) is 2. The maximum Gasteiger partial charge on any atom is 0.322 e. The van der Waals surface area contributed by atoms with Crippen LogP contribution in [0.3, 0.4) is 0 Å². The lowest BCUT2D eigenvalue weighted by molar-refractivity contribution is -0.140. The van der Waals surface area contributed by atoms with E-state index in [4.69, 9.17) is 5.11 Å². The molecule has 2 N–H and O–H groups in total. The minimum atomic E-state index is -3.84. The van der Waals surface area contributed by atoms with E-state index in [1.165, 1.54) is 11.4 Å². The molecule has 2 rings (SSSR count). The van der Waals surface area contributed by atoms with Gasteiger partial charge in [0.25, 0.3) is 10.2 Å². The standard InChI is InChI=1S/C12H22N2O5S/c1-13(9-5-3-2-4-6-9)20(18,19)14-8-10(15)7-11(14)12(16)17/h9-11,15H,2-8H2,1H3,(H,16,17)/t10-,11-/m0/s1. The van der Waals surface area contributed by atoms with Crippen LogP contribution in [0.2, 0.25) is 0 Å². The second kappa shape index (κ2) is 5.97. The Morgan fingerprint density at radius 1 is 1.25 bits per heavy atom. The molecule has 20 heavy (non-hydrogen) atoms. The highest BCUT2D eigenvalue weighted by Crippen LogP contribution is 2.28. The van der Waals surface area contributed by atoms with E-state index in [1.807, 2.05) is 0 Å². The minimum Gasteiger partial charge on any atom is -0.480 e. The largest absolute Gasteiger partial charge is 0.480 e. The summed E-state index contributed by atoms with van der Waals surface area (Å²) in [6, 6.07) is -1.23. The lowest BCUT2D eigenvalue weighted by Gasteiger charge is -2.34. The molecular formula is C12H22N2O5S. The van der Waals surface area contributed by atoms with Crippen molar-refractivity contribution >= 4 is 16.2 Å². The summed E-state index contributed by atoms with van der Waals surface area (Å²) >= 11 is 0. The molecular weight excluding hydrogens is 284 g/mol. The molecule has 0 aromatic rings. The van der Waals surface area contributed by atoms with Gasteiger partial charge in [-0.3, -0.25) is 4.79 Å². The van der Waals surface area contributed by atoms with E-state index < -0.39 is 28.3 Å². The van der Waals surface area contributed by atoms with Gasteiger partial charge in [-0.25, -0.2) is 0 Å². The number of rotatable bonds is 4. The number of carboxylic acid groups (broad SMARTS) is 1. The SMILES string of the molecule is CN(C1CCCCC1)S(=O)(=O)N1C[C@@H](O)C[C@H]1C(=O)O. The van der Waals surface area contributed by atoms with Gasteiger partial charge >= 0.3 is 5.97 Å². The normalized spacial score (nSPS) is 29.9. The van der Waals surface area contributed by atoms with Crippen LogP contribution in [0.4, 0.5) is 0 Å². The molecule has 116 valence electrons. The molecule has 0 aromatic carbocycles. The Kier molecular flexibility index (Phi) is 4.68. The molecule has 1 aliphatic heterocycles. The van der Waals surface area contributed by atoms with E-state index in [0.717, 1.165) is 36.4 Å². The summed E-state index contributed by atoms with van der Waals surface area (Å²) in [5, 5.41) is 18.7. The van der Waals surface area contributed by atoms with Crippen molar-refractivity contribution in [2.24, 2.45) is 0 Å². The second-order valence-corrected chi connectivity index (χ2v) is 7.57. The van der Waals surface area contributed by atoms with Gasteiger partial charge in [0, 0.05) is 26.1 Å². The number of aliphatic hydroxyl groups is 1. The molecule has 1 heterocycles. The van der Waals surface area contributed by atoms with Crippen molar-refractivity contribution in [2.45, 2.75) is 56.7 Å². The maximum absolute atomic E-state index is 12.6. The monoisotopic (exact) mass is 306 g/mol. The summed E-state index contributed by atoms with van der Waals surface area (Å²) in [5.74, 6) is -1.21. The number of aliphatic carboxylic acids is 1. The number of aliphatic hydroxyl groups excluding tert-OH is 1. The third-order valence-electron chi connectivity index (χ3n) is 4.27. The highest BCUT2D eigenvalue weighted by Gasteiger charge is 2.45. The van der Waals surface area contributed by atoms with Crippen LogP contribution in [0.5, 0.6) is 0 Å². The van der Waals surface area contributed by atoms with Crippen LogP contribution >= 0.6 is 0 Å². The third-order valence-corrected chi connectivity index (χ3v) is 6.29. The molecule has 2 aliphatic rings. The molecule has 0 spiro atoms. The van der Waals surface area contributed by atoms with Gasteiger partial charge in [-0.1, -0.05) is 19.3 Å². The van der Waals surface area contributed by atoms with Crippen molar-refractivity contribution < 1.29 is 23.4 Å². The minimum absolute atomic E-state index is 0.0485. The average molecular weight is 306 g/mol. The molecule has 8 heteroatoms. The van der Waals surface area contributed by atoms with Crippen LogP contribution in [-0.4, -0.2) is 65.0 Å². The summed E-state index contributed by atoms with van der Waals surface area (Å²) in [7, 11) is -2.33. The highest BCUT2D eigenvalue weighted by atomic mass is 32.2. The highest BCUT2D eigenvalue weighted by molar-refractivity contribution is 7.86. The van der Waals surface area contributed by atoms with Crippen molar-refractivity contribution in [3.63, 3.8) is 0 Å². The van der Waals surface area contributed by atoms with E-state index in [0.29, 0.717) is 0 Å². The summed E-state index contributed by atoms with van der Waals surface area (Å²) in [5.41, 5.74) is 0. The van der Waals surface area contributed by atoms with Gasteiger partial charge in [-0.05, 0) is 12.8 Å². The van der Waals surface area contributed by atoms with Crippen LogP contribution in [0.15, 0.2) is 0 Å². The lowest BCUT2D eigenvalue weighted by Crippen LogP contribution is -2.50. The van der Waals surface area contributed by atoms with Crippen LogP contribution in [-0.2, 0) is 15.0 Å². The van der Waals surface area contributed by atoms with Crippen LogP contribution in [0.25, 0.3) is 0 Å². The quantitative estimate of drug-likeness (QED) is 0.763.